The topological polar surface area (TPSA) is 41.5 Å². The molecule has 0 aromatic heterocycles. The maximum absolute atomic E-state index is 12.1. The molecule has 0 bridgehead atoms. The lowest BCUT2D eigenvalue weighted by molar-refractivity contribution is -0.120. The van der Waals surface area contributed by atoms with Crippen molar-refractivity contribution in [2.24, 2.45) is 5.10 Å². The van der Waals surface area contributed by atoms with Crippen LogP contribution in [0.2, 0.25) is 0 Å². The zero-order valence-corrected chi connectivity index (χ0v) is 14.6. The first kappa shape index (κ1) is 17.3. The zero-order chi connectivity index (χ0) is 16.7. The first-order valence-corrected chi connectivity index (χ1v) is 8.68. The number of nitrogens with one attached hydrogen (secondary N) is 1. The summed E-state index contributed by atoms with van der Waals surface area (Å²) in [5.74, 6) is 0.744. The number of thioether (sulfide) groups is 1. The monoisotopic (exact) mass is 326 g/mol. The molecule has 0 spiro atoms. The number of benzene rings is 2. The van der Waals surface area contributed by atoms with E-state index in [2.05, 4.69) is 22.7 Å². The fourth-order valence-corrected chi connectivity index (χ4v) is 2.80. The maximum atomic E-state index is 12.1. The third-order valence-electron chi connectivity index (χ3n) is 3.52. The lowest BCUT2D eigenvalue weighted by Gasteiger charge is -2.10. The molecule has 4 heteroatoms. The average Bonchev–Trinajstić information content (AvgIpc) is 2.58. The van der Waals surface area contributed by atoms with Crippen molar-refractivity contribution in [3.05, 3.63) is 71.3 Å². The van der Waals surface area contributed by atoms with Gasteiger partial charge in [-0.25, -0.2) is 5.43 Å². The van der Waals surface area contributed by atoms with Crippen molar-refractivity contribution in [1.82, 2.24) is 5.43 Å². The van der Waals surface area contributed by atoms with E-state index in [1.165, 1.54) is 11.1 Å². The Labute approximate surface area is 142 Å². The van der Waals surface area contributed by atoms with Gasteiger partial charge in [-0.05, 0) is 31.9 Å². The van der Waals surface area contributed by atoms with Crippen molar-refractivity contribution in [3.63, 3.8) is 0 Å². The predicted octanol–water partition coefficient (Wildman–Crippen LogP) is 4.16. The molecular formula is C19H22N2OS. The highest BCUT2D eigenvalue weighted by atomic mass is 32.2. The molecular weight excluding hydrogens is 304 g/mol. The van der Waals surface area contributed by atoms with Gasteiger partial charge in [-0.15, -0.1) is 11.8 Å². The quantitative estimate of drug-likeness (QED) is 0.640. The van der Waals surface area contributed by atoms with Gasteiger partial charge in [0.25, 0.3) is 5.91 Å². The number of nitrogens with zero attached hydrogens (tertiary/aromatic N) is 1. The first-order valence-electron chi connectivity index (χ1n) is 7.63. The van der Waals surface area contributed by atoms with E-state index in [1.54, 1.807) is 11.8 Å². The second kappa shape index (κ2) is 8.53. The lowest BCUT2D eigenvalue weighted by Crippen LogP contribution is -2.27. The zero-order valence-electron chi connectivity index (χ0n) is 13.7. The van der Waals surface area contributed by atoms with Gasteiger partial charge in [-0.1, -0.05) is 60.2 Å². The first-order chi connectivity index (χ1) is 11.1. The van der Waals surface area contributed by atoms with Crippen LogP contribution >= 0.6 is 11.8 Å². The largest absolute Gasteiger partial charge is 0.272 e. The maximum Gasteiger partial charge on any atom is 0.252 e. The van der Waals surface area contributed by atoms with E-state index < -0.39 is 0 Å². The highest BCUT2D eigenvalue weighted by Gasteiger charge is 2.13. The lowest BCUT2D eigenvalue weighted by atomic mass is 10.1. The van der Waals surface area contributed by atoms with Gasteiger partial charge in [-0.3, -0.25) is 4.79 Å². The molecule has 0 aliphatic carbocycles. The summed E-state index contributed by atoms with van der Waals surface area (Å²) in [7, 11) is 0. The van der Waals surface area contributed by atoms with Gasteiger partial charge >= 0.3 is 0 Å². The Morgan fingerprint density at radius 1 is 1.13 bits per heavy atom. The van der Waals surface area contributed by atoms with E-state index in [4.69, 9.17) is 0 Å². The molecule has 2 aromatic carbocycles. The molecule has 0 unspecified atom stereocenters. The Balaban J connectivity index is 1.85. The Kier molecular flexibility index (Phi) is 6.41. The van der Waals surface area contributed by atoms with E-state index in [0.29, 0.717) is 0 Å². The summed E-state index contributed by atoms with van der Waals surface area (Å²) in [6.45, 7) is 5.84. The third-order valence-corrected chi connectivity index (χ3v) is 4.73. The Bertz CT molecular complexity index is 666. The van der Waals surface area contributed by atoms with Crippen LogP contribution in [0.1, 0.15) is 30.5 Å². The van der Waals surface area contributed by atoms with Gasteiger partial charge in [0.15, 0.2) is 0 Å². The van der Waals surface area contributed by atoms with Gasteiger partial charge in [0.2, 0.25) is 0 Å². The number of aryl methyl sites for hydroxylation is 1. The standard InChI is InChI=1S/C19H22N2OS/c1-14-9-11-18(12-10-14)15(2)20-21-19(22)16(3)23-13-17-7-5-4-6-8-17/h4-12,16H,13H2,1-3H3,(H,21,22)/b20-15-/t16-/m1/s1. The molecule has 0 radical (unpaired) electrons. The SMILES string of the molecule is C/C(=N/NC(=O)[C@@H](C)SCc1ccccc1)c1ccc(C)cc1. The van der Waals surface area contributed by atoms with E-state index in [0.717, 1.165) is 17.0 Å². The summed E-state index contributed by atoms with van der Waals surface area (Å²) in [6, 6.07) is 18.2. The second-order valence-corrected chi connectivity index (χ2v) is 6.81. The van der Waals surface area contributed by atoms with Crippen molar-refractivity contribution in [1.29, 1.82) is 0 Å². The Morgan fingerprint density at radius 3 is 2.43 bits per heavy atom. The number of rotatable bonds is 6. The highest BCUT2D eigenvalue weighted by molar-refractivity contribution is 7.99. The summed E-state index contributed by atoms with van der Waals surface area (Å²) in [5.41, 5.74) is 6.90. The van der Waals surface area contributed by atoms with Crippen molar-refractivity contribution < 1.29 is 4.79 Å². The van der Waals surface area contributed by atoms with Crippen LogP contribution in [0.15, 0.2) is 59.7 Å². The smallest absolute Gasteiger partial charge is 0.252 e. The van der Waals surface area contributed by atoms with Gasteiger partial charge < -0.3 is 0 Å². The molecule has 0 heterocycles. The van der Waals surface area contributed by atoms with Crippen LogP contribution in [0.3, 0.4) is 0 Å². The minimum Gasteiger partial charge on any atom is -0.272 e. The molecule has 3 nitrogen and oxygen atoms in total. The van der Waals surface area contributed by atoms with Crippen LogP contribution in [-0.2, 0) is 10.5 Å². The number of carbonyl (C=O) groups excluding carboxylic acids is 1. The van der Waals surface area contributed by atoms with Crippen molar-refractivity contribution >= 4 is 23.4 Å². The molecule has 1 atom stereocenters. The Hall–Kier alpha value is -2.07. The second-order valence-electron chi connectivity index (χ2n) is 5.48. The average molecular weight is 326 g/mol. The number of hydrazone groups is 1. The van der Waals surface area contributed by atoms with Gasteiger partial charge in [0, 0.05) is 5.75 Å². The molecule has 2 rings (SSSR count). The minimum atomic E-state index is -0.148. The van der Waals surface area contributed by atoms with E-state index in [-0.39, 0.29) is 11.2 Å². The molecule has 0 fully saturated rings. The number of hydrogen-bond acceptors (Lipinski definition) is 3. The third kappa shape index (κ3) is 5.57. The van der Waals surface area contributed by atoms with Crippen molar-refractivity contribution in [3.8, 4) is 0 Å². The minimum absolute atomic E-state index is 0.0719. The Morgan fingerprint density at radius 2 is 1.78 bits per heavy atom. The van der Waals surface area contributed by atoms with Gasteiger partial charge in [0.1, 0.15) is 0 Å². The van der Waals surface area contributed by atoms with Gasteiger partial charge in [0.05, 0.1) is 11.0 Å². The molecule has 0 aliphatic heterocycles. The molecule has 0 saturated heterocycles. The number of hydrogen-bond donors (Lipinski definition) is 1. The molecule has 23 heavy (non-hydrogen) atoms. The van der Waals surface area contributed by atoms with E-state index >= 15 is 0 Å². The van der Waals surface area contributed by atoms with E-state index in [1.807, 2.05) is 63.2 Å². The number of amides is 1. The summed E-state index contributed by atoms with van der Waals surface area (Å²) in [4.78, 5) is 12.1. The predicted molar refractivity (Wildman–Crippen MR) is 98.7 cm³/mol. The normalized spacial score (nSPS) is 12.7. The van der Waals surface area contributed by atoms with Crippen molar-refractivity contribution in [2.75, 3.05) is 0 Å². The van der Waals surface area contributed by atoms with Crippen LogP contribution in [0.5, 0.6) is 0 Å². The van der Waals surface area contributed by atoms with E-state index in [9.17, 15) is 4.79 Å². The van der Waals surface area contributed by atoms with Crippen LogP contribution in [0.25, 0.3) is 0 Å². The molecule has 0 saturated carbocycles. The highest BCUT2D eigenvalue weighted by Crippen LogP contribution is 2.17. The summed E-state index contributed by atoms with van der Waals surface area (Å²) < 4.78 is 0. The molecule has 120 valence electrons. The van der Waals surface area contributed by atoms with Crippen molar-refractivity contribution in [2.45, 2.75) is 31.8 Å². The summed E-state index contributed by atoms with van der Waals surface area (Å²) in [5, 5.41) is 4.06. The van der Waals surface area contributed by atoms with Gasteiger partial charge in [-0.2, -0.15) is 5.10 Å². The molecule has 1 N–H and O–H groups in total. The van der Waals surface area contributed by atoms with Crippen LogP contribution in [0.4, 0.5) is 0 Å². The van der Waals surface area contributed by atoms with Crippen LogP contribution in [0, 0.1) is 6.92 Å². The molecule has 1 amide bonds. The fraction of sp³-hybridized carbons (Fsp3) is 0.263. The molecule has 0 aliphatic rings. The number of carbonyl (C=O) groups is 1. The molecule has 2 aromatic rings. The fourth-order valence-electron chi connectivity index (χ4n) is 1.96. The van der Waals surface area contributed by atoms with Crippen LogP contribution < -0.4 is 5.43 Å². The van der Waals surface area contributed by atoms with Crippen LogP contribution in [-0.4, -0.2) is 16.9 Å². The summed E-state index contributed by atoms with van der Waals surface area (Å²) in [6.07, 6.45) is 0. The summed E-state index contributed by atoms with van der Waals surface area (Å²) >= 11 is 1.61.